The van der Waals surface area contributed by atoms with Crippen molar-refractivity contribution >= 4 is 35.8 Å². The van der Waals surface area contributed by atoms with Crippen LogP contribution in [-0.4, -0.2) is 60.9 Å². The second kappa shape index (κ2) is 10.4. The summed E-state index contributed by atoms with van der Waals surface area (Å²) in [5.74, 6) is 2.60. The predicted octanol–water partition coefficient (Wildman–Crippen LogP) is 2.56. The van der Waals surface area contributed by atoms with Crippen molar-refractivity contribution in [2.24, 2.45) is 16.8 Å². The minimum atomic E-state index is 0. The van der Waals surface area contributed by atoms with E-state index in [4.69, 9.17) is 0 Å². The van der Waals surface area contributed by atoms with Crippen LogP contribution in [0.15, 0.2) is 4.99 Å². The van der Waals surface area contributed by atoms with Crippen molar-refractivity contribution in [1.29, 1.82) is 0 Å². The molecule has 0 aliphatic carbocycles. The summed E-state index contributed by atoms with van der Waals surface area (Å²) in [4.78, 5) is 21.0. The number of nitrogens with one attached hydrogen (secondary N) is 1. The van der Waals surface area contributed by atoms with Crippen molar-refractivity contribution in [2.45, 2.75) is 46.5 Å². The van der Waals surface area contributed by atoms with Gasteiger partial charge in [0.1, 0.15) is 6.54 Å². The molecule has 2 rings (SSSR count). The molecule has 6 heteroatoms. The van der Waals surface area contributed by atoms with Crippen molar-refractivity contribution in [2.75, 3.05) is 39.3 Å². The molecule has 0 bridgehead atoms. The highest BCUT2D eigenvalue weighted by atomic mass is 127. The number of hydrogen-bond donors (Lipinski definition) is 1. The van der Waals surface area contributed by atoms with E-state index in [1.807, 2.05) is 4.90 Å². The van der Waals surface area contributed by atoms with Crippen LogP contribution in [0.25, 0.3) is 0 Å². The van der Waals surface area contributed by atoms with Crippen LogP contribution in [-0.2, 0) is 4.79 Å². The molecule has 1 amide bonds. The van der Waals surface area contributed by atoms with E-state index < -0.39 is 0 Å². The number of rotatable bonds is 5. The summed E-state index contributed by atoms with van der Waals surface area (Å²) < 4.78 is 0. The van der Waals surface area contributed by atoms with E-state index in [1.165, 1.54) is 12.8 Å². The maximum absolute atomic E-state index is 12.2. The van der Waals surface area contributed by atoms with Crippen molar-refractivity contribution in [3.63, 3.8) is 0 Å². The van der Waals surface area contributed by atoms with Crippen molar-refractivity contribution in [3.05, 3.63) is 0 Å². The van der Waals surface area contributed by atoms with E-state index in [2.05, 4.69) is 36.0 Å². The topological polar surface area (TPSA) is 47.9 Å². The number of hydrogen-bond acceptors (Lipinski definition) is 2. The summed E-state index contributed by atoms with van der Waals surface area (Å²) in [5, 5.41) is 3.35. The van der Waals surface area contributed by atoms with Crippen LogP contribution in [0.1, 0.15) is 46.5 Å². The Labute approximate surface area is 158 Å². The minimum Gasteiger partial charge on any atom is -0.357 e. The number of carbonyl (C=O) groups excluding carboxylic acids is 1. The molecule has 134 valence electrons. The van der Waals surface area contributed by atoms with Gasteiger partial charge in [-0.25, -0.2) is 4.99 Å². The molecule has 5 nitrogen and oxygen atoms in total. The Hall–Kier alpha value is -0.530. The maximum atomic E-state index is 12.2. The Balaban J connectivity index is 0.00000264. The number of carbonyl (C=O) groups is 1. The van der Waals surface area contributed by atoms with Gasteiger partial charge in [0.2, 0.25) is 5.91 Å². The van der Waals surface area contributed by atoms with Gasteiger partial charge in [-0.3, -0.25) is 4.79 Å². The lowest BCUT2D eigenvalue weighted by molar-refractivity contribution is -0.128. The third kappa shape index (κ3) is 6.47. The van der Waals surface area contributed by atoms with Gasteiger partial charge in [0.15, 0.2) is 5.96 Å². The smallest absolute Gasteiger partial charge is 0.244 e. The standard InChI is InChI=1S/C17H32N4O.HI/c1-4-18-17(19-12-16(22)20-8-5-6-9-20)21-10-7-15(13-21)11-14(2)3;/h14-15H,4-13H2,1-3H3,(H,18,19);1H. The monoisotopic (exact) mass is 436 g/mol. The lowest BCUT2D eigenvalue weighted by atomic mass is 9.97. The van der Waals surface area contributed by atoms with Gasteiger partial charge in [0.25, 0.3) is 0 Å². The summed E-state index contributed by atoms with van der Waals surface area (Å²) in [6, 6.07) is 0. The molecule has 1 atom stereocenters. The highest BCUT2D eigenvalue weighted by Gasteiger charge is 2.25. The average molecular weight is 436 g/mol. The lowest BCUT2D eigenvalue weighted by Gasteiger charge is -2.22. The Bertz CT molecular complexity index is 394. The Morgan fingerprint density at radius 2 is 1.91 bits per heavy atom. The predicted molar refractivity (Wildman–Crippen MR) is 106 cm³/mol. The van der Waals surface area contributed by atoms with Gasteiger partial charge in [-0.05, 0) is 44.4 Å². The quantitative estimate of drug-likeness (QED) is 0.410. The van der Waals surface area contributed by atoms with Crippen LogP contribution in [0.5, 0.6) is 0 Å². The Morgan fingerprint density at radius 3 is 2.52 bits per heavy atom. The largest absolute Gasteiger partial charge is 0.357 e. The van der Waals surface area contributed by atoms with Gasteiger partial charge in [0.05, 0.1) is 0 Å². The fourth-order valence-electron chi connectivity index (χ4n) is 3.52. The Kier molecular flexibility index (Phi) is 9.24. The number of nitrogens with zero attached hydrogens (tertiary/aromatic N) is 3. The summed E-state index contributed by atoms with van der Waals surface area (Å²) in [6.07, 6.45) is 4.79. The highest BCUT2D eigenvalue weighted by molar-refractivity contribution is 14.0. The van der Waals surface area contributed by atoms with Crippen molar-refractivity contribution < 1.29 is 4.79 Å². The van der Waals surface area contributed by atoms with Gasteiger partial charge >= 0.3 is 0 Å². The molecular weight excluding hydrogens is 403 g/mol. The van der Waals surface area contributed by atoms with Crippen LogP contribution < -0.4 is 5.32 Å². The molecule has 0 aromatic carbocycles. The lowest BCUT2D eigenvalue weighted by Crippen LogP contribution is -2.41. The van der Waals surface area contributed by atoms with E-state index in [0.29, 0.717) is 0 Å². The van der Waals surface area contributed by atoms with E-state index in [1.54, 1.807) is 0 Å². The highest BCUT2D eigenvalue weighted by Crippen LogP contribution is 2.23. The van der Waals surface area contributed by atoms with E-state index in [-0.39, 0.29) is 36.4 Å². The summed E-state index contributed by atoms with van der Waals surface area (Å²) in [6.45, 7) is 11.7. The average Bonchev–Trinajstić information content (AvgIpc) is 3.13. The molecule has 0 aromatic heterocycles. The van der Waals surface area contributed by atoms with Crippen LogP contribution >= 0.6 is 24.0 Å². The third-order valence-corrected chi connectivity index (χ3v) is 4.55. The molecule has 2 aliphatic heterocycles. The fraction of sp³-hybridized carbons (Fsp3) is 0.882. The van der Waals surface area contributed by atoms with Crippen LogP contribution in [0.3, 0.4) is 0 Å². The van der Waals surface area contributed by atoms with Gasteiger partial charge in [-0.15, -0.1) is 24.0 Å². The van der Waals surface area contributed by atoms with E-state index in [9.17, 15) is 4.79 Å². The first-order chi connectivity index (χ1) is 10.6. The molecule has 2 fully saturated rings. The number of aliphatic imine (C=N–C) groups is 1. The van der Waals surface area contributed by atoms with E-state index in [0.717, 1.165) is 63.4 Å². The van der Waals surface area contributed by atoms with Gasteiger partial charge in [-0.2, -0.15) is 0 Å². The van der Waals surface area contributed by atoms with Crippen LogP contribution in [0.4, 0.5) is 0 Å². The van der Waals surface area contributed by atoms with Crippen molar-refractivity contribution in [3.8, 4) is 0 Å². The number of amides is 1. The van der Waals surface area contributed by atoms with Gasteiger partial charge in [0, 0.05) is 32.7 Å². The first kappa shape index (κ1) is 20.5. The molecule has 1 N–H and O–H groups in total. The normalized spacial score (nSPS) is 21.7. The second-order valence-corrected chi connectivity index (χ2v) is 6.99. The Morgan fingerprint density at radius 1 is 1.22 bits per heavy atom. The first-order valence-corrected chi connectivity index (χ1v) is 8.91. The molecule has 0 radical (unpaired) electrons. The zero-order chi connectivity index (χ0) is 15.9. The molecule has 2 heterocycles. The molecule has 23 heavy (non-hydrogen) atoms. The molecular formula is C17H33IN4O. The molecule has 2 aliphatic rings. The zero-order valence-electron chi connectivity index (χ0n) is 14.9. The molecule has 1 unspecified atom stereocenters. The molecule has 2 saturated heterocycles. The SMILES string of the molecule is CCNC(=NCC(=O)N1CCCC1)N1CCC(CC(C)C)C1.I. The van der Waals surface area contributed by atoms with E-state index >= 15 is 0 Å². The number of halogens is 1. The van der Waals surface area contributed by atoms with Gasteiger partial charge < -0.3 is 15.1 Å². The zero-order valence-corrected chi connectivity index (χ0v) is 17.2. The maximum Gasteiger partial charge on any atom is 0.244 e. The van der Waals surface area contributed by atoms with Crippen molar-refractivity contribution in [1.82, 2.24) is 15.1 Å². The minimum absolute atomic E-state index is 0. The molecule has 0 saturated carbocycles. The summed E-state index contributed by atoms with van der Waals surface area (Å²) >= 11 is 0. The van der Waals surface area contributed by atoms with Gasteiger partial charge in [-0.1, -0.05) is 13.8 Å². The third-order valence-electron chi connectivity index (χ3n) is 4.55. The number of likely N-dealkylation sites (tertiary alicyclic amines) is 2. The van der Waals surface area contributed by atoms with Crippen LogP contribution in [0, 0.1) is 11.8 Å². The van der Waals surface area contributed by atoms with Crippen LogP contribution in [0.2, 0.25) is 0 Å². The molecule has 0 aromatic rings. The first-order valence-electron chi connectivity index (χ1n) is 8.91. The summed E-state index contributed by atoms with van der Waals surface area (Å²) in [5.41, 5.74) is 0. The fourth-order valence-corrected chi connectivity index (χ4v) is 3.52. The molecule has 0 spiro atoms. The summed E-state index contributed by atoms with van der Waals surface area (Å²) in [7, 11) is 0. The number of guanidine groups is 1. The second-order valence-electron chi connectivity index (χ2n) is 6.99.